The molecule has 0 unspecified atom stereocenters. The normalized spacial score (nSPS) is 16.6. The van der Waals surface area contributed by atoms with Gasteiger partial charge in [0.1, 0.15) is 18.1 Å². The topological polar surface area (TPSA) is 85.9 Å². The highest BCUT2D eigenvalue weighted by atomic mass is 32.2. The van der Waals surface area contributed by atoms with Crippen LogP contribution in [0.1, 0.15) is 25.5 Å². The molecule has 1 aromatic rings. The number of carbonyl (C=O) groups is 2. The van der Waals surface area contributed by atoms with Crippen molar-refractivity contribution >= 4 is 23.8 Å². The molecule has 1 aromatic carbocycles. The molecule has 8 heteroatoms. The van der Waals surface area contributed by atoms with Crippen LogP contribution in [0.5, 0.6) is 11.5 Å². The summed E-state index contributed by atoms with van der Waals surface area (Å²) in [4.78, 5) is 24.7. The molecule has 0 bridgehead atoms. The number of hydrogen-bond acceptors (Lipinski definition) is 6. The Bertz CT molecular complexity index is 705. The molecular weight excluding hydrogens is 356 g/mol. The van der Waals surface area contributed by atoms with Gasteiger partial charge < -0.3 is 24.8 Å². The summed E-state index contributed by atoms with van der Waals surface area (Å²) >= 11 is 1.69. The van der Waals surface area contributed by atoms with Gasteiger partial charge >= 0.3 is 12.0 Å². The van der Waals surface area contributed by atoms with Crippen LogP contribution in [-0.2, 0) is 9.53 Å². The summed E-state index contributed by atoms with van der Waals surface area (Å²) in [5.41, 5.74) is 1.42. The van der Waals surface area contributed by atoms with Gasteiger partial charge in [0.05, 0.1) is 25.8 Å². The molecule has 0 saturated carbocycles. The lowest BCUT2D eigenvalue weighted by Gasteiger charge is -2.29. The predicted octanol–water partition coefficient (Wildman–Crippen LogP) is 2.63. The Labute approximate surface area is 157 Å². The fourth-order valence-electron chi connectivity index (χ4n) is 2.68. The standard InChI is InChI=1S/C18H24N2O5S/c1-5-26-9-8-25-17(21)15-11(2)19-18(22)20-16(15)13-10-12(23-3)6-7-14(13)24-4/h6-7,10,16H,5,8-9H2,1-4H3,(H2,19,20,22)/t16-/m0/s1. The van der Waals surface area contributed by atoms with Crippen molar-refractivity contribution in [2.75, 3.05) is 32.3 Å². The van der Waals surface area contributed by atoms with Crippen molar-refractivity contribution in [3.8, 4) is 11.5 Å². The van der Waals surface area contributed by atoms with Crippen LogP contribution in [0, 0.1) is 0 Å². The third-order valence-corrected chi connectivity index (χ3v) is 4.77. The summed E-state index contributed by atoms with van der Waals surface area (Å²) in [5.74, 6) is 2.35. The third kappa shape index (κ3) is 4.63. The number of rotatable bonds is 8. The van der Waals surface area contributed by atoms with E-state index < -0.39 is 18.0 Å². The summed E-state index contributed by atoms with van der Waals surface area (Å²) in [6.07, 6.45) is 0. The van der Waals surface area contributed by atoms with Crippen molar-refractivity contribution < 1.29 is 23.8 Å². The molecule has 142 valence electrons. The molecule has 1 aliphatic rings. The maximum Gasteiger partial charge on any atom is 0.338 e. The number of ether oxygens (including phenoxy) is 3. The van der Waals surface area contributed by atoms with Crippen molar-refractivity contribution in [3.63, 3.8) is 0 Å². The largest absolute Gasteiger partial charge is 0.497 e. The van der Waals surface area contributed by atoms with Crippen molar-refractivity contribution in [3.05, 3.63) is 35.0 Å². The average Bonchev–Trinajstić information content (AvgIpc) is 2.63. The summed E-state index contributed by atoms with van der Waals surface area (Å²) in [5, 5.41) is 5.40. The lowest BCUT2D eigenvalue weighted by Crippen LogP contribution is -2.45. The van der Waals surface area contributed by atoms with Gasteiger partial charge in [0, 0.05) is 17.0 Å². The van der Waals surface area contributed by atoms with Crippen LogP contribution in [0.3, 0.4) is 0 Å². The third-order valence-electron chi connectivity index (χ3n) is 3.90. The smallest absolute Gasteiger partial charge is 0.338 e. The van der Waals surface area contributed by atoms with E-state index in [1.54, 1.807) is 44.0 Å². The molecule has 0 spiro atoms. The van der Waals surface area contributed by atoms with E-state index in [9.17, 15) is 9.59 Å². The second-order valence-corrected chi connectivity index (χ2v) is 6.90. The number of thioether (sulfide) groups is 1. The van der Waals surface area contributed by atoms with Gasteiger partial charge in [0.2, 0.25) is 0 Å². The van der Waals surface area contributed by atoms with E-state index in [1.807, 2.05) is 6.92 Å². The average molecular weight is 380 g/mol. The number of hydrogen-bond donors (Lipinski definition) is 2. The van der Waals surface area contributed by atoms with Crippen LogP contribution in [-0.4, -0.2) is 44.3 Å². The Balaban J connectivity index is 2.36. The second kappa shape index (κ2) is 9.38. The molecule has 0 aromatic heterocycles. The zero-order valence-electron chi connectivity index (χ0n) is 15.4. The van der Waals surface area contributed by atoms with Crippen LogP contribution in [0.25, 0.3) is 0 Å². The van der Waals surface area contributed by atoms with Gasteiger partial charge in [0.15, 0.2) is 0 Å². The van der Waals surface area contributed by atoms with E-state index in [1.165, 1.54) is 7.11 Å². The summed E-state index contributed by atoms with van der Waals surface area (Å²) in [7, 11) is 3.08. The molecule has 0 saturated heterocycles. The van der Waals surface area contributed by atoms with Crippen molar-refractivity contribution in [1.82, 2.24) is 10.6 Å². The van der Waals surface area contributed by atoms with E-state index >= 15 is 0 Å². The number of amides is 2. The zero-order valence-corrected chi connectivity index (χ0v) is 16.2. The first-order chi connectivity index (χ1) is 12.5. The molecule has 2 rings (SSSR count). The van der Waals surface area contributed by atoms with Crippen LogP contribution < -0.4 is 20.1 Å². The number of allylic oxidation sites excluding steroid dienone is 1. The fourth-order valence-corrected chi connectivity index (χ4v) is 3.17. The van der Waals surface area contributed by atoms with Crippen molar-refractivity contribution in [2.24, 2.45) is 0 Å². The number of carbonyl (C=O) groups excluding carboxylic acids is 2. The van der Waals surface area contributed by atoms with Gasteiger partial charge in [0.25, 0.3) is 0 Å². The molecule has 2 N–H and O–H groups in total. The highest BCUT2D eigenvalue weighted by molar-refractivity contribution is 7.99. The van der Waals surface area contributed by atoms with Crippen molar-refractivity contribution in [2.45, 2.75) is 19.9 Å². The lowest BCUT2D eigenvalue weighted by atomic mass is 9.94. The predicted molar refractivity (Wildman–Crippen MR) is 101 cm³/mol. The number of esters is 1. The first kappa shape index (κ1) is 20.0. The van der Waals surface area contributed by atoms with Gasteiger partial charge in [-0.15, -0.1) is 0 Å². The number of nitrogens with one attached hydrogen (secondary N) is 2. The minimum absolute atomic E-state index is 0.310. The summed E-state index contributed by atoms with van der Waals surface area (Å²) in [6, 6.07) is 4.14. The molecule has 0 radical (unpaired) electrons. The summed E-state index contributed by atoms with van der Waals surface area (Å²) in [6.45, 7) is 4.03. The van der Waals surface area contributed by atoms with E-state index in [0.717, 1.165) is 11.5 Å². The molecule has 1 aliphatic heterocycles. The Kier molecular flexibility index (Phi) is 7.20. The Hall–Kier alpha value is -2.35. The number of methoxy groups -OCH3 is 2. The van der Waals surface area contributed by atoms with Gasteiger partial charge in [-0.2, -0.15) is 11.8 Å². The van der Waals surface area contributed by atoms with Crippen LogP contribution in [0.4, 0.5) is 4.79 Å². The minimum atomic E-state index is -0.694. The van der Waals surface area contributed by atoms with E-state index in [4.69, 9.17) is 14.2 Å². The monoisotopic (exact) mass is 380 g/mol. The molecule has 1 heterocycles. The molecule has 0 aliphatic carbocycles. The van der Waals surface area contributed by atoms with E-state index in [0.29, 0.717) is 34.9 Å². The molecule has 7 nitrogen and oxygen atoms in total. The lowest BCUT2D eigenvalue weighted by molar-refractivity contribution is -0.138. The number of benzene rings is 1. The fraction of sp³-hybridized carbons (Fsp3) is 0.444. The Morgan fingerprint density at radius 1 is 1.27 bits per heavy atom. The maximum absolute atomic E-state index is 12.7. The van der Waals surface area contributed by atoms with Gasteiger partial charge in [-0.25, -0.2) is 9.59 Å². The molecule has 0 fully saturated rings. The highest BCUT2D eigenvalue weighted by Crippen LogP contribution is 2.35. The molecule has 1 atom stereocenters. The molecular formula is C18H24N2O5S. The Morgan fingerprint density at radius 2 is 2.04 bits per heavy atom. The SMILES string of the molecule is CCSCCOC(=O)C1=C(C)NC(=O)N[C@H]1c1cc(OC)ccc1OC. The highest BCUT2D eigenvalue weighted by Gasteiger charge is 2.34. The second-order valence-electron chi connectivity index (χ2n) is 5.51. The van der Waals surface area contributed by atoms with Crippen molar-refractivity contribution in [1.29, 1.82) is 0 Å². The van der Waals surface area contributed by atoms with E-state index in [2.05, 4.69) is 10.6 Å². The molecule has 2 amide bonds. The Morgan fingerprint density at radius 3 is 2.69 bits per heavy atom. The van der Waals surface area contributed by atoms with Gasteiger partial charge in [-0.3, -0.25) is 0 Å². The minimum Gasteiger partial charge on any atom is -0.497 e. The quantitative estimate of drug-likeness (QED) is 0.533. The van der Waals surface area contributed by atoms with Crippen LogP contribution in [0.2, 0.25) is 0 Å². The van der Waals surface area contributed by atoms with Gasteiger partial charge in [-0.1, -0.05) is 6.92 Å². The van der Waals surface area contributed by atoms with Gasteiger partial charge in [-0.05, 0) is 30.9 Å². The van der Waals surface area contributed by atoms with Crippen LogP contribution >= 0.6 is 11.8 Å². The number of urea groups is 1. The zero-order chi connectivity index (χ0) is 19.1. The molecule has 26 heavy (non-hydrogen) atoms. The van der Waals surface area contributed by atoms with Crippen LogP contribution in [0.15, 0.2) is 29.5 Å². The first-order valence-electron chi connectivity index (χ1n) is 8.26. The first-order valence-corrected chi connectivity index (χ1v) is 9.42. The van der Waals surface area contributed by atoms with E-state index in [-0.39, 0.29) is 0 Å². The maximum atomic E-state index is 12.7. The summed E-state index contributed by atoms with van der Waals surface area (Å²) < 4.78 is 16.1.